The Kier molecular flexibility index (Phi) is 3.75. The molecular formula is C8H11N5O4. The zero-order valence-corrected chi connectivity index (χ0v) is 9.01. The molecule has 17 heavy (non-hydrogen) atoms. The summed E-state index contributed by atoms with van der Waals surface area (Å²) in [5.74, 6) is -1.18. The molecule has 1 aromatic rings. The number of hydrogen-bond acceptors (Lipinski definition) is 7. The van der Waals surface area contributed by atoms with Gasteiger partial charge in [-0.05, 0) is 5.18 Å². The van der Waals surface area contributed by atoms with Gasteiger partial charge in [0.15, 0.2) is 5.82 Å². The van der Waals surface area contributed by atoms with Crippen molar-refractivity contribution in [1.82, 2.24) is 9.97 Å². The van der Waals surface area contributed by atoms with Crippen molar-refractivity contribution in [1.29, 1.82) is 0 Å². The molecule has 9 heteroatoms. The molecule has 0 spiro atoms. The third-order valence-electron chi connectivity index (χ3n) is 2.02. The summed E-state index contributed by atoms with van der Waals surface area (Å²) in [5.41, 5.74) is 4.11. The SMILES string of the molecule is CN(CCC(=O)O)c1nc(N)c(N=O)c(=O)[nH]1. The first kappa shape index (κ1) is 12.6. The number of carbonyl (C=O) groups is 1. The largest absolute Gasteiger partial charge is 0.481 e. The van der Waals surface area contributed by atoms with Crippen LogP contribution in [0.4, 0.5) is 17.5 Å². The first-order valence-electron chi connectivity index (χ1n) is 4.61. The lowest BCUT2D eigenvalue weighted by molar-refractivity contribution is -0.136. The number of nitrogens with zero attached hydrogens (tertiary/aromatic N) is 3. The van der Waals surface area contributed by atoms with Crippen molar-refractivity contribution < 1.29 is 9.90 Å². The maximum Gasteiger partial charge on any atom is 0.305 e. The van der Waals surface area contributed by atoms with Crippen molar-refractivity contribution in [3.8, 4) is 0 Å². The van der Waals surface area contributed by atoms with Gasteiger partial charge < -0.3 is 15.7 Å². The standard InChI is InChI=1S/C8H11N5O4/c1-13(3-2-4(14)15)8-10-6(9)5(12-17)7(16)11-8/h2-3H2,1H3,(H,14,15)(H3,9,10,11,16). The van der Waals surface area contributed by atoms with Gasteiger partial charge in [0.2, 0.25) is 11.6 Å². The van der Waals surface area contributed by atoms with E-state index in [-0.39, 0.29) is 24.7 Å². The molecule has 1 heterocycles. The van der Waals surface area contributed by atoms with Gasteiger partial charge in [-0.15, -0.1) is 4.91 Å². The van der Waals surface area contributed by atoms with Crippen LogP contribution >= 0.6 is 0 Å². The van der Waals surface area contributed by atoms with Crippen LogP contribution in [0.5, 0.6) is 0 Å². The number of carboxylic acid groups (broad SMARTS) is 1. The normalized spacial score (nSPS) is 9.94. The average Bonchev–Trinajstić information content (AvgIpc) is 2.25. The fourth-order valence-corrected chi connectivity index (χ4v) is 1.11. The molecule has 1 rings (SSSR count). The van der Waals surface area contributed by atoms with Crippen molar-refractivity contribution in [2.24, 2.45) is 5.18 Å². The number of rotatable bonds is 5. The predicted octanol–water partition coefficient (Wildman–Crippen LogP) is -0.339. The summed E-state index contributed by atoms with van der Waals surface area (Å²) in [6.07, 6.45) is -0.117. The highest BCUT2D eigenvalue weighted by atomic mass is 16.4. The van der Waals surface area contributed by atoms with E-state index in [0.717, 1.165) is 0 Å². The van der Waals surface area contributed by atoms with Crippen LogP contribution in [-0.4, -0.2) is 34.6 Å². The van der Waals surface area contributed by atoms with Gasteiger partial charge in [-0.25, -0.2) is 0 Å². The van der Waals surface area contributed by atoms with Gasteiger partial charge in [-0.2, -0.15) is 4.98 Å². The first-order valence-corrected chi connectivity index (χ1v) is 4.61. The molecule has 0 atom stereocenters. The molecule has 0 radical (unpaired) electrons. The number of nitrogen functional groups attached to an aromatic ring is 1. The van der Waals surface area contributed by atoms with Gasteiger partial charge in [0, 0.05) is 13.6 Å². The summed E-state index contributed by atoms with van der Waals surface area (Å²) >= 11 is 0. The van der Waals surface area contributed by atoms with Gasteiger partial charge in [0.1, 0.15) is 0 Å². The van der Waals surface area contributed by atoms with Crippen LogP contribution in [0.1, 0.15) is 6.42 Å². The van der Waals surface area contributed by atoms with Crippen LogP contribution in [0, 0.1) is 4.91 Å². The fourth-order valence-electron chi connectivity index (χ4n) is 1.11. The predicted molar refractivity (Wildman–Crippen MR) is 60.2 cm³/mol. The molecule has 1 aromatic heterocycles. The molecule has 9 nitrogen and oxygen atoms in total. The lowest BCUT2D eigenvalue weighted by Gasteiger charge is -2.16. The maximum absolute atomic E-state index is 11.3. The molecule has 0 fully saturated rings. The maximum atomic E-state index is 11.3. The van der Waals surface area contributed by atoms with Crippen LogP contribution < -0.4 is 16.2 Å². The third-order valence-corrected chi connectivity index (χ3v) is 2.02. The summed E-state index contributed by atoms with van der Waals surface area (Å²) in [6, 6.07) is 0. The average molecular weight is 241 g/mol. The second kappa shape index (κ2) is 5.05. The summed E-state index contributed by atoms with van der Waals surface area (Å²) in [4.78, 5) is 39.4. The minimum Gasteiger partial charge on any atom is -0.481 e. The number of carboxylic acids is 1. The number of aliphatic carboxylic acids is 1. The first-order chi connectivity index (χ1) is 7.95. The van der Waals surface area contributed by atoms with E-state index in [0.29, 0.717) is 0 Å². The zero-order valence-electron chi connectivity index (χ0n) is 9.01. The van der Waals surface area contributed by atoms with E-state index in [1.165, 1.54) is 11.9 Å². The Morgan fingerprint density at radius 1 is 1.65 bits per heavy atom. The number of aromatic amines is 1. The Balaban J connectivity index is 2.96. The van der Waals surface area contributed by atoms with E-state index in [4.69, 9.17) is 10.8 Å². The molecule has 0 saturated heterocycles. The molecule has 0 aromatic carbocycles. The third kappa shape index (κ3) is 3.00. The highest BCUT2D eigenvalue weighted by Crippen LogP contribution is 2.15. The summed E-state index contributed by atoms with van der Waals surface area (Å²) in [5, 5.41) is 11.0. The molecule has 0 aliphatic heterocycles. The van der Waals surface area contributed by atoms with Crippen molar-refractivity contribution in [3.05, 3.63) is 15.3 Å². The van der Waals surface area contributed by atoms with Crippen molar-refractivity contribution in [2.45, 2.75) is 6.42 Å². The van der Waals surface area contributed by atoms with Crippen molar-refractivity contribution >= 4 is 23.4 Å². The van der Waals surface area contributed by atoms with E-state index < -0.39 is 17.2 Å². The molecule has 0 amide bonds. The summed E-state index contributed by atoms with van der Waals surface area (Å²) in [7, 11) is 1.54. The molecule has 92 valence electrons. The smallest absolute Gasteiger partial charge is 0.305 e. The van der Waals surface area contributed by atoms with Gasteiger partial charge >= 0.3 is 5.97 Å². The van der Waals surface area contributed by atoms with E-state index in [2.05, 4.69) is 15.1 Å². The number of anilines is 2. The number of hydrogen-bond donors (Lipinski definition) is 3. The van der Waals surface area contributed by atoms with E-state index in [1.807, 2.05) is 0 Å². The molecule has 0 bridgehead atoms. The van der Waals surface area contributed by atoms with E-state index in [9.17, 15) is 14.5 Å². The number of nitrogens with one attached hydrogen (secondary N) is 1. The lowest BCUT2D eigenvalue weighted by atomic mass is 10.4. The van der Waals surface area contributed by atoms with Crippen LogP contribution in [0.2, 0.25) is 0 Å². The minimum absolute atomic E-state index is 0.0844. The van der Waals surface area contributed by atoms with Crippen LogP contribution in [0.15, 0.2) is 9.97 Å². The Hall–Kier alpha value is -2.45. The molecule has 0 saturated carbocycles. The number of H-pyrrole nitrogens is 1. The van der Waals surface area contributed by atoms with E-state index in [1.54, 1.807) is 0 Å². The van der Waals surface area contributed by atoms with Gasteiger partial charge in [-0.3, -0.25) is 14.6 Å². The van der Waals surface area contributed by atoms with Crippen LogP contribution in [-0.2, 0) is 4.79 Å². The molecule has 0 aliphatic carbocycles. The Labute approximate surface area is 95.2 Å². The van der Waals surface area contributed by atoms with Gasteiger partial charge in [0.25, 0.3) is 5.56 Å². The minimum atomic E-state index is -0.974. The van der Waals surface area contributed by atoms with E-state index >= 15 is 0 Å². The van der Waals surface area contributed by atoms with Crippen molar-refractivity contribution in [3.63, 3.8) is 0 Å². The summed E-state index contributed by atoms with van der Waals surface area (Å²) in [6.45, 7) is 0.144. The highest BCUT2D eigenvalue weighted by Gasteiger charge is 2.12. The number of nitrogens with two attached hydrogens (primary N) is 1. The molecular weight excluding hydrogens is 230 g/mol. The molecule has 0 unspecified atom stereocenters. The fraction of sp³-hybridized carbons (Fsp3) is 0.375. The Bertz CT molecular complexity index is 497. The van der Waals surface area contributed by atoms with Gasteiger partial charge in [0.05, 0.1) is 6.42 Å². The second-order valence-corrected chi connectivity index (χ2v) is 3.28. The second-order valence-electron chi connectivity index (χ2n) is 3.28. The zero-order chi connectivity index (χ0) is 13.0. The number of aromatic nitrogens is 2. The molecule has 4 N–H and O–H groups in total. The topological polar surface area (TPSA) is 142 Å². The monoisotopic (exact) mass is 241 g/mol. The van der Waals surface area contributed by atoms with Gasteiger partial charge in [-0.1, -0.05) is 0 Å². The number of nitroso groups, excluding NO2 is 1. The highest BCUT2D eigenvalue weighted by molar-refractivity contribution is 5.67. The van der Waals surface area contributed by atoms with Crippen molar-refractivity contribution in [2.75, 3.05) is 24.2 Å². The Morgan fingerprint density at radius 2 is 2.29 bits per heavy atom. The Morgan fingerprint density at radius 3 is 2.76 bits per heavy atom. The summed E-state index contributed by atoms with van der Waals surface area (Å²) < 4.78 is 0. The van der Waals surface area contributed by atoms with Crippen LogP contribution in [0.3, 0.4) is 0 Å². The quantitative estimate of drug-likeness (QED) is 0.598. The molecule has 0 aliphatic rings. The van der Waals surface area contributed by atoms with Crippen LogP contribution in [0.25, 0.3) is 0 Å². The lowest BCUT2D eigenvalue weighted by Crippen LogP contribution is -2.26.